The van der Waals surface area contributed by atoms with E-state index in [1.165, 1.54) is 0 Å². The minimum absolute atomic E-state index is 0.0749. The van der Waals surface area contributed by atoms with Gasteiger partial charge in [-0.15, -0.1) is 0 Å². The highest BCUT2D eigenvalue weighted by Gasteiger charge is 2.30. The van der Waals surface area contributed by atoms with Crippen molar-refractivity contribution in [1.29, 1.82) is 0 Å². The van der Waals surface area contributed by atoms with E-state index in [2.05, 4.69) is 12.2 Å². The molecule has 2 atom stereocenters. The molecular formula is C12H22N2O3S. The van der Waals surface area contributed by atoms with Crippen molar-refractivity contribution in [2.24, 2.45) is 0 Å². The molecular weight excluding hydrogens is 252 g/mol. The maximum absolute atomic E-state index is 11.8. The monoisotopic (exact) mass is 274 g/mol. The molecule has 2 unspecified atom stereocenters. The lowest BCUT2D eigenvalue weighted by Crippen LogP contribution is -2.51. The normalized spacial score (nSPS) is 22.4. The Bertz CT molecular complexity index is 299. The molecule has 1 aliphatic heterocycles. The second kappa shape index (κ2) is 7.63. The minimum Gasteiger partial charge on any atom is -0.480 e. The highest BCUT2D eigenvalue weighted by atomic mass is 32.2. The molecule has 1 amide bonds. The number of hydrogen-bond acceptors (Lipinski definition) is 4. The summed E-state index contributed by atoms with van der Waals surface area (Å²) >= 11 is 1.63. The van der Waals surface area contributed by atoms with Crippen molar-refractivity contribution in [3.63, 3.8) is 0 Å². The number of thioether (sulfide) groups is 1. The Kier molecular flexibility index (Phi) is 6.49. The van der Waals surface area contributed by atoms with Gasteiger partial charge in [-0.1, -0.05) is 13.3 Å². The smallest absolute Gasteiger partial charge is 0.321 e. The van der Waals surface area contributed by atoms with E-state index in [1.54, 1.807) is 16.7 Å². The first kappa shape index (κ1) is 15.3. The van der Waals surface area contributed by atoms with Crippen molar-refractivity contribution in [3.05, 3.63) is 0 Å². The Morgan fingerprint density at radius 3 is 2.89 bits per heavy atom. The molecule has 1 aliphatic rings. The van der Waals surface area contributed by atoms with Crippen molar-refractivity contribution in [2.75, 3.05) is 24.6 Å². The van der Waals surface area contributed by atoms with Gasteiger partial charge in [-0.2, -0.15) is 11.8 Å². The summed E-state index contributed by atoms with van der Waals surface area (Å²) in [5.41, 5.74) is 0. The van der Waals surface area contributed by atoms with Crippen LogP contribution in [-0.2, 0) is 9.59 Å². The van der Waals surface area contributed by atoms with Gasteiger partial charge < -0.3 is 10.4 Å². The van der Waals surface area contributed by atoms with Crippen molar-refractivity contribution in [2.45, 2.75) is 38.8 Å². The van der Waals surface area contributed by atoms with Crippen LogP contribution in [0, 0.1) is 0 Å². The highest BCUT2D eigenvalue weighted by molar-refractivity contribution is 7.99. The van der Waals surface area contributed by atoms with Gasteiger partial charge in [0.1, 0.15) is 6.04 Å². The number of carboxylic acid groups (broad SMARTS) is 1. The topological polar surface area (TPSA) is 69.6 Å². The van der Waals surface area contributed by atoms with Gasteiger partial charge in [0.15, 0.2) is 0 Å². The standard InChI is InChI=1S/C12H22N2O3S/c1-3-4-9(2)13-11(15)7-14-5-6-18-8-10(14)12(16)17/h9-10H,3-8H2,1-2H3,(H,13,15)(H,16,17). The van der Waals surface area contributed by atoms with E-state index in [0.717, 1.165) is 18.6 Å². The number of carbonyl (C=O) groups is 2. The molecule has 0 bridgehead atoms. The van der Waals surface area contributed by atoms with E-state index in [0.29, 0.717) is 12.3 Å². The zero-order chi connectivity index (χ0) is 13.5. The van der Waals surface area contributed by atoms with Crippen molar-refractivity contribution in [3.8, 4) is 0 Å². The quantitative estimate of drug-likeness (QED) is 0.749. The maximum Gasteiger partial charge on any atom is 0.321 e. The number of hydrogen-bond donors (Lipinski definition) is 2. The van der Waals surface area contributed by atoms with E-state index < -0.39 is 12.0 Å². The number of aliphatic carboxylic acids is 1. The van der Waals surface area contributed by atoms with Crippen LogP contribution in [0.2, 0.25) is 0 Å². The number of nitrogens with zero attached hydrogens (tertiary/aromatic N) is 1. The summed E-state index contributed by atoms with van der Waals surface area (Å²) in [4.78, 5) is 24.7. The molecule has 6 heteroatoms. The highest BCUT2D eigenvalue weighted by Crippen LogP contribution is 2.16. The Balaban J connectivity index is 2.43. The number of nitrogens with one attached hydrogen (secondary N) is 1. The van der Waals surface area contributed by atoms with Crippen LogP contribution in [0.3, 0.4) is 0 Å². The molecule has 18 heavy (non-hydrogen) atoms. The van der Waals surface area contributed by atoms with Crippen LogP contribution in [0.1, 0.15) is 26.7 Å². The lowest BCUT2D eigenvalue weighted by atomic mass is 10.2. The zero-order valence-electron chi connectivity index (χ0n) is 11.0. The van der Waals surface area contributed by atoms with E-state index in [4.69, 9.17) is 5.11 Å². The Hall–Kier alpha value is -0.750. The first-order chi connectivity index (χ1) is 8.54. The third kappa shape index (κ3) is 4.86. The molecule has 5 nitrogen and oxygen atoms in total. The van der Waals surface area contributed by atoms with E-state index >= 15 is 0 Å². The predicted octanol–water partition coefficient (Wildman–Crippen LogP) is 0.793. The van der Waals surface area contributed by atoms with Gasteiger partial charge in [0, 0.05) is 24.1 Å². The molecule has 0 saturated carbocycles. The molecule has 1 fully saturated rings. The lowest BCUT2D eigenvalue weighted by Gasteiger charge is -2.32. The third-order valence-corrected chi connectivity index (χ3v) is 4.02. The number of amides is 1. The third-order valence-electron chi connectivity index (χ3n) is 3.00. The molecule has 1 saturated heterocycles. The van der Waals surface area contributed by atoms with Crippen LogP contribution in [0.15, 0.2) is 0 Å². The molecule has 0 spiro atoms. The van der Waals surface area contributed by atoms with Crippen LogP contribution < -0.4 is 5.32 Å². The fourth-order valence-corrected chi connectivity index (χ4v) is 3.17. The molecule has 1 heterocycles. The number of carboxylic acids is 1. The van der Waals surface area contributed by atoms with Crippen LogP contribution in [0.5, 0.6) is 0 Å². The molecule has 0 aromatic heterocycles. The van der Waals surface area contributed by atoms with Crippen LogP contribution in [-0.4, -0.2) is 58.6 Å². The Morgan fingerprint density at radius 2 is 2.28 bits per heavy atom. The maximum atomic E-state index is 11.8. The fraction of sp³-hybridized carbons (Fsp3) is 0.833. The van der Waals surface area contributed by atoms with E-state index in [-0.39, 0.29) is 18.5 Å². The minimum atomic E-state index is -0.836. The lowest BCUT2D eigenvalue weighted by molar-refractivity contribution is -0.143. The molecule has 0 radical (unpaired) electrons. The number of carbonyl (C=O) groups excluding carboxylic acids is 1. The molecule has 0 aromatic carbocycles. The van der Waals surface area contributed by atoms with Gasteiger partial charge in [-0.25, -0.2) is 0 Å². The molecule has 0 aromatic rings. The van der Waals surface area contributed by atoms with Gasteiger partial charge in [0.05, 0.1) is 6.54 Å². The van der Waals surface area contributed by atoms with Crippen LogP contribution >= 0.6 is 11.8 Å². The van der Waals surface area contributed by atoms with E-state index in [1.807, 2.05) is 6.92 Å². The summed E-state index contributed by atoms with van der Waals surface area (Å²) in [7, 11) is 0. The first-order valence-electron chi connectivity index (χ1n) is 6.38. The summed E-state index contributed by atoms with van der Waals surface area (Å²) in [5, 5.41) is 12.0. The summed E-state index contributed by atoms with van der Waals surface area (Å²) in [6.45, 7) is 4.90. The second-order valence-corrected chi connectivity index (χ2v) is 5.81. The van der Waals surface area contributed by atoms with Crippen molar-refractivity contribution < 1.29 is 14.7 Å². The van der Waals surface area contributed by atoms with Crippen molar-refractivity contribution in [1.82, 2.24) is 10.2 Å². The van der Waals surface area contributed by atoms with Gasteiger partial charge in [0.25, 0.3) is 0 Å². The Morgan fingerprint density at radius 1 is 1.56 bits per heavy atom. The molecule has 1 rings (SSSR count). The second-order valence-electron chi connectivity index (χ2n) is 4.66. The number of rotatable bonds is 6. The SMILES string of the molecule is CCCC(C)NC(=O)CN1CCSCC1C(=O)O. The van der Waals surface area contributed by atoms with Gasteiger partial charge in [0.2, 0.25) is 5.91 Å². The predicted molar refractivity (Wildman–Crippen MR) is 72.8 cm³/mol. The van der Waals surface area contributed by atoms with Gasteiger partial charge in [-0.3, -0.25) is 14.5 Å². The average Bonchev–Trinajstić information content (AvgIpc) is 2.29. The van der Waals surface area contributed by atoms with Gasteiger partial charge >= 0.3 is 5.97 Å². The Labute approximate surface area is 112 Å². The molecule has 104 valence electrons. The summed E-state index contributed by atoms with van der Waals surface area (Å²) in [6, 6.07) is -0.374. The van der Waals surface area contributed by atoms with Crippen LogP contribution in [0.4, 0.5) is 0 Å². The molecule has 2 N–H and O–H groups in total. The van der Waals surface area contributed by atoms with Crippen LogP contribution in [0.25, 0.3) is 0 Å². The van der Waals surface area contributed by atoms with E-state index in [9.17, 15) is 9.59 Å². The zero-order valence-corrected chi connectivity index (χ0v) is 11.8. The van der Waals surface area contributed by atoms with Gasteiger partial charge in [-0.05, 0) is 13.3 Å². The summed E-state index contributed by atoms with van der Waals surface area (Å²) in [6.07, 6.45) is 1.98. The van der Waals surface area contributed by atoms with Crippen molar-refractivity contribution >= 4 is 23.6 Å². The summed E-state index contributed by atoms with van der Waals surface area (Å²) < 4.78 is 0. The average molecular weight is 274 g/mol. The summed E-state index contributed by atoms with van der Waals surface area (Å²) in [5.74, 6) is 0.542. The first-order valence-corrected chi connectivity index (χ1v) is 7.54. The fourth-order valence-electron chi connectivity index (χ4n) is 2.06. The molecule has 0 aliphatic carbocycles. The largest absolute Gasteiger partial charge is 0.480 e.